The van der Waals surface area contributed by atoms with E-state index in [0.29, 0.717) is 12.8 Å². The van der Waals surface area contributed by atoms with E-state index in [1.54, 1.807) is 0 Å². The van der Waals surface area contributed by atoms with E-state index in [9.17, 15) is 9.59 Å². The van der Waals surface area contributed by atoms with E-state index >= 15 is 0 Å². The minimum Gasteiger partial charge on any atom is -0.481 e. The Balaban J connectivity index is -0.000000380. The van der Waals surface area contributed by atoms with Crippen LogP contribution in [0.15, 0.2) is 0 Å². The molecule has 0 saturated carbocycles. The molecular formula is C20H43O8P. The topological polar surface area (TPSA) is 152 Å². The second-order valence-corrected chi connectivity index (χ2v) is 8.07. The summed E-state index contributed by atoms with van der Waals surface area (Å²) in [7, 11) is -4.64. The zero-order chi connectivity index (χ0) is 23.0. The molecule has 9 heteroatoms. The first-order chi connectivity index (χ1) is 13.5. The van der Waals surface area contributed by atoms with Crippen molar-refractivity contribution in [3.63, 3.8) is 0 Å². The smallest absolute Gasteiger partial charge is 0.466 e. The summed E-state index contributed by atoms with van der Waals surface area (Å²) in [5.41, 5.74) is 0. The normalized spacial score (nSPS) is 10.4. The van der Waals surface area contributed by atoms with Crippen LogP contribution in [-0.2, 0) is 14.2 Å². The summed E-state index contributed by atoms with van der Waals surface area (Å²) in [5.74, 6) is -1.33. The summed E-state index contributed by atoms with van der Waals surface area (Å²) in [6.45, 7) is 4.40. The number of rotatable bonds is 16. The van der Waals surface area contributed by atoms with Crippen LogP contribution >= 0.6 is 7.82 Å². The fraction of sp³-hybridized carbons (Fsp3) is 0.900. The van der Waals surface area contributed by atoms with Crippen molar-refractivity contribution in [1.29, 1.82) is 0 Å². The molecule has 0 atom stereocenters. The molecule has 0 aliphatic carbocycles. The van der Waals surface area contributed by atoms with Crippen molar-refractivity contribution in [1.82, 2.24) is 0 Å². The maximum atomic E-state index is 10.1. The van der Waals surface area contributed by atoms with Gasteiger partial charge in [-0.1, -0.05) is 90.9 Å². The molecule has 5 N–H and O–H groups in total. The second kappa shape index (κ2) is 25.1. The van der Waals surface area contributed by atoms with Gasteiger partial charge in [-0.15, -0.1) is 0 Å². The van der Waals surface area contributed by atoms with Crippen molar-refractivity contribution < 1.29 is 39.0 Å². The van der Waals surface area contributed by atoms with E-state index in [4.69, 9.17) is 29.5 Å². The minimum atomic E-state index is -4.64. The highest BCUT2D eigenvalue weighted by molar-refractivity contribution is 7.45. The molecule has 0 heterocycles. The van der Waals surface area contributed by atoms with Crippen molar-refractivity contribution in [3.8, 4) is 0 Å². The molecule has 0 radical (unpaired) electrons. The van der Waals surface area contributed by atoms with Gasteiger partial charge in [-0.2, -0.15) is 0 Å². The predicted molar refractivity (Wildman–Crippen MR) is 115 cm³/mol. The SMILES string of the molecule is CCCCCCCCCC(=O)O.CCCCCCCCCC(=O)O.O=P(O)(O)O. The third-order valence-electron chi connectivity index (χ3n) is 3.99. The van der Waals surface area contributed by atoms with Crippen LogP contribution in [0.3, 0.4) is 0 Å². The lowest BCUT2D eigenvalue weighted by Gasteiger charge is -1.98. The zero-order valence-corrected chi connectivity index (χ0v) is 19.1. The van der Waals surface area contributed by atoms with Crippen LogP contribution in [0.1, 0.15) is 117 Å². The van der Waals surface area contributed by atoms with Crippen LogP contribution in [0.5, 0.6) is 0 Å². The largest absolute Gasteiger partial charge is 0.481 e. The Morgan fingerprint density at radius 2 is 0.759 bits per heavy atom. The second-order valence-electron chi connectivity index (χ2n) is 7.04. The lowest BCUT2D eigenvalue weighted by Crippen LogP contribution is -1.93. The highest BCUT2D eigenvalue weighted by Crippen LogP contribution is 2.25. The molecular weight excluding hydrogens is 399 g/mol. The number of carbonyl (C=O) groups is 2. The molecule has 0 aromatic heterocycles. The molecule has 0 spiro atoms. The fourth-order valence-electron chi connectivity index (χ4n) is 2.47. The Morgan fingerprint density at radius 3 is 0.966 bits per heavy atom. The van der Waals surface area contributed by atoms with Crippen molar-refractivity contribution in [2.45, 2.75) is 117 Å². The first-order valence-corrected chi connectivity index (χ1v) is 12.3. The minimum absolute atomic E-state index is 0.341. The van der Waals surface area contributed by atoms with Gasteiger partial charge in [0.25, 0.3) is 0 Å². The first-order valence-electron chi connectivity index (χ1n) is 10.8. The van der Waals surface area contributed by atoms with E-state index in [2.05, 4.69) is 13.8 Å². The number of carboxylic acids is 2. The molecule has 0 fully saturated rings. The Bertz CT molecular complexity index is 373. The van der Waals surface area contributed by atoms with Gasteiger partial charge in [0.15, 0.2) is 0 Å². The van der Waals surface area contributed by atoms with Gasteiger partial charge in [0, 0.05) is 12.8 Å². The van der Waals surface area contributed by atoms with Gasteiger partial charge in [0.2, 0.25) is 0 Å². The summed E-state index contributed by atoms with van der Waals surface area (Å²) < 4.78 is 8.88. The van der Waals surface area contributed by atoms with E-state index in [1.807, 2.05) is 0 Å². The summed E-state index contributed by atoms with van der Waals surface area (Å²) >= 11 is 0. The van der Waals surface area contributed by atoms with Crippen LogP contribution in [0.4, 0.5) is 0 Å². The van der Waals surface area contributed by atoms with Crippen LogP contribution in [-0.4, -0.2) is 36.8 Å². The third-order valence-corrected chi connectivity index (χ3v) is 3.99. The Hall–Kier alpha value is -0.950. The highest BCUT2D eigenvalue weighted by Gasteiger charge is 2.00. The van der Waals surface area contributed by atoms with Crippen molar-refractivity contribution in [2.75, 3.05) is 0 Å². The molecule has 8 nitrogen and oxygen atoms in total. The molecule has 0 aromatic rings. The Kier molecular flexibility index (Phi) is 28.3. The standard InChI is InChI=1S/2C10H20O2.H3O4P/c2*1-2-3-4-5-6-7-8-9-10(11)12;1-5(2,3)4/h2*2-9H2,1H3,(H,11,12);(H3,1,2,3,4). The van der Waals surface area contributed by atoms with Gasteiger partial charge in [-0.25, -0.2) is 4.57 Å². The molecule has 0 aliphatic rings. The van der Waals surface area contributed by atoms with E-state index in [0.717, 1.165) is 25.7 Å². The number of phosphoric acid groups is 1. The monoisotopic (exact) mass is 442 g/mol. The molecule has 0 rings (SSSR count). The van der Waals surface area contributed by atoms with Gasteiger partial charge in [0.1, 0.15) is 0 Å². The zero-order valence-electron chi connectivity index (χ0n) is 18.2. The summed E-state index contributed by atoms with van der Waals surface area (Å²) in [4.78, 5) is 41.8. The number of carboxylic acid groups (broad SMARTS) is 2. The lowest BCUT2D eigenvalue weighted by molar-refractivity contribution is -0.138. The fourth-order valence-corrected chi connectivity index (χ4v) is 2.47. The highest BCUT2D eigenvalue weighted by atomic mass is 31.2. The quantitative estimate of drug-likeness (QED) is 0.155. The maximum Gasteiger partial charge on any atom is 0.466 e. The van der Waals surface area contributed by atoms with Crippen LogP contribution < -0.4 is 0 Å². The van der Waals surface area contributed by atoms with Gasteiger partial charge < -0.3 is 24.9 Å². The summed E-state index contributed by atoms with van der Waals surface area (Å²) in [6.07, 6.45) is 17.3. The van der Waals surface area contributed by atoms with Crippen LogP contribution in [0.25, 0.3) is 0 Å². The van der Waals surface area contributed by atoms with E-state index in [-0.39, 0.29) is 0 Å². The van der Waals surface area contributed by atoms with Gasteiger partial charge >= 0.3 is 19.8 Å². The molecule has 0 aliphatic heterocycles. The van der Waals surface area contributed by atoms with Crippen molar-refractivity contribution >= 4 is 19.8 Å². The maximum absolute atomic E-state index is 10.1. The molecule has 0 saturated heterocycles. The van der Waals surface area contributed by atoms with E-state index < -0.39 is 19.8 Å². The average molecular weight is 443 g/mol. The number of hydrogen-bond donors (Lipinski definition) is 5. The average Bonchev–Trinajstić information content (AvgIpc) is 2.59. The van der Waals surface area contributed by atoms with E-state index in [1.165, 1.54) is 64.2 Å². The number of aliphatic carboxylic acids is 2. The summed E-state index contributed by atoms with van der Waals surface area (Å²) in [5, 5.41) is 16.7. The molecule has 0 amide bonds. The lowest BCUT2D eigenvalue weighted by atomic mass is 10.1. The van der Waals surface area contributed by atoms with Crippen molar-refractivity contribution in [2.24, 2.45) is 0 Å². The molecule has 176 valence electrons. The molecule has 0 unspecified atom stereocenters. The van der Waals surface area contributed by atoms with Gasteiger partial charge in [-0.05, 0) is 12.8 Å². The molecule has 0 aromatic carbocycles. The first kappa shape index (κ1) is 32.7. The Morgan fingerprint density at radius 1 is 0.552 bits per heavy atom. The number of unbranched alkanes of at least 4 members (excludes halogenated alkanes) is 12. The van der Waals surface area contributed by atoms with Crippen molar-refractivity contribution in [3.05, 3.63) is 0 Å². The molecule has 29 heavy (non-hydrogen) atoms. The predicted octanol–water partition coefficient (Wildman–Crippen LogP) is 5.49. The molecule has 0 bridgehead atoms. The Labute approximate surface area is 176 Å². The third kappa shape index (κ3) is 58.4. The van der Waals surface area contributed by atoms with Crippen LogP contribution in [0.2, 0.25) is 0 Å². The van der Waals surface area contributed by atoms with Gasteiger partial charge in [-0.3, -0.25) is 9.59 Å². The van der Waals surface area contributed by atoms with Gasteiger partial charge in [0.05, 0.1) is 0 Å². The number of hydrogen-bond acceptors (Lipinski definition) is 3. The summed E-state index contributed by atoms with van der Waals surface area (Å²) in [6, 6.07) is 0. The van der Waals surface area contributed by atoms with Crippen LogP contribution in [0, 0.1) is 0 Å².